The number of nitrogens with one attached hydrogen (secondary N) is 1. The summed E-state index contributed by atoms with van der Waals surface area (Å²) in [6.45, 7) is 13.2. The van der Waals surface area contributed by atoms with Crippen LogP contribution < -0.4 is 5.32 Å². The van der Waals surface area contributed by atoms with Gasteiger partial charge in [-0.25, -0.2) is 0 Å². The molecule has 2 aliphatic heterocycles. The van der Waals surface area contributed by atoms with Crippen molar-refractivity contribution in [3.8, 4) is 0 Å². The molecule has 1 aliphatic carbocycles. The molecule has 3 heteroatoms. The predicted octanol–water partition coefficient (Wildman–Crippen LogP) is 8.11. The summed E-state index contributed by atoms with van der Waals surface area (Å²) < 4.78 is 0. The lowest BCUT2D eigenvalue weighted by atomic mass is 9.86. The number of nitrogens with zero attached hydrogens (tertiary/aromatic N) is 2. The van der Waals surface area contributed by atoms with Crippen molar-refractivity contribution in [3.63, 3.8) is 0 Å². The Morgan fingerprint density at radius 3 is 2.56 bits per heavy atom. The minimum absolute atomic E-state index is 0. The Hall–Kier alpha value is -2.94. The zero-order valence-corrected chi connectivity index (χ0v) is 19.9. The van der Waals surface area contributed by atoms with Crippen LogP contribution in [0.25, 0.3) is 0 Å². The molecule has 3 nitrogen and oxygen atoms in total. The van der Waals surface area contributed by atoms with Gasteiger partial charge in [-0.15, -0.1) is 0 Å². The number of fused-ring (bicyclic) bond motifs is 1. The standard InChI is InChI=1S/C24H25N3.2C2H6.CH4/c1-3-25-20-9-5-7-18(14-20)15-23-24-21(12-13-26-23)22(16-27-24)19-8-4-6-17(2)10-11-19;2*1-2;/h5-14,16,21,25H,3-4,15H2,1-2H3;2*1-2H3;1H4. The zero-order chi connectivity index (χ0) is 22.6. The normalized spacial score (nSPS) is 17.9. The molecule has 1 N–H and O–H groups in total. The summed E-state index contributed by atoms with van der Waals surface area (Å²) in [5.41, 5.74) is 8.41. The van der Waals surface area contributed by atoms with Crippen LogP contribution in [-0.4, -0.2) is 18.0 Å². The van der Waals surface area contributed by atoms with E-state index < -0.39 is 0 Å². The van der Waals surface area contributed by atoms with Crippen LogP contribution in [0.3, 0.4) is 0 Å². The Balaban J connectivity index is 0.000000971. The Bertz CT molecular complexity index is 952. The van der Waals surface area contributed by atoms with Crippen LogP contribution in [0.5, 0.6) is 0 Å². The van der Waals surface area contributed by atoms with E-state index in [1.54, 1.807) is 0 Å². The number of rotatable bonds is 5. The van der Waals surface area contributed by atoms with E-state index in [-0.39, 0.29) is 13.3 Å². The number of allylic oxidation sites excluding steroid dienone is 8. The molecule has 0 spiro atoms. The van der Waals surface area contributed by atoms with Gasteiger partial charge in [-0.05, 0) is 49.1 Å². The van der Waals surface area contributed by atoms with Crippen LogP contribution in [0.4, 0.5) is 5.69 Å². The van der Waals surface area contributed by atoms with Gasteiger partial charge in [0.05, 0.1) is 11.4 Å². The maximum Gasteiger partial charge on any atom is 0.0735 e. The minimum Gasteiger partial charge on any atom is -0.385 e. The summed E-state index contributed by atoms with van der Waals surface area (Å²) in [5.74, 6) is 0.212. The third kappa shape index (κ3) is 6.78. The number of anilines is 1. The van der Waals surface area contributed by atoms with E-state index >= 15 is 0 Å². The number of benzene rings is 1. The molecule has 3 aliphatic rings. The lowest BCUT2D eigenvalue weighted by Gasteiger charge is -2.19. The second kappa shape index (κ2) is 14.2. The van der Waals surface area contributed by atoms with Gasteiger partial charge < -0.3 is 5.32 Å². The molecule has 0 saturated carbocycles. The summed E-state index contributed by atoms with van der Waals surface area (Å²) in [6.07, 6.45) is 16.8. The van der Waals surface area contributed by atoms with Crippen LogP contribution in [-0.2, 0) is 6.42 Å². The first-order valence-electron chi connectivity index (χ1n) is 11.6. The van der Waals surface area contributed by atoms with Gasteiger partial charge in [-0.3, -0.25) is 9.98 Å². The van der Waals surface area contributed by atoms with Crippen LogP contribution in [0.15, 0.2) is 93.7 Å². The van der Waals surface area contributed by atoms with E-state index in [4.69, 9.17) is 4.99 Å². The third-order valence-corrected chi connectivity index (χ3v) is 5.09. The lowest BCUT2D eigenvalue weighted by Crippen LogP contribution is -2.26. The first kappa shape index (κ1) is 27.1. The second-order valence-corrected chi connectivity index (χ2v) is 7.08. The first-order chi connectivity index (χ1) is 15.2. The lowest BCUT2D eigenvalue weighted by molar-refractivity contribution is 1.06. The summed E-state index contributed by atoms with van der Waals surface area (Å²) in [5, 5.41) is 3.38. The summed E-state index contributed by atoms with van der Waals surface area (Å²) in [7, 11) is 0. The molecule has 1 atom stereocenters. The van der Waals surface area contributed by atoms with Gasteiger partial charge in [-0.1, -0.05) is 83.2 Å². The zero-order valence-electron chi connectivity index (χ0n) is 19.9. The van der Waals surface area contributed by atoms with Gasteiger partial charge in [0.25, 0.3) is 0 Å². The van der Waals surface area contributed by atoms with Crippen molar-refractivity contribution in [1.82, 2.24) is 0 Å². The average molecular weight is 432 g/mol. The van der Waals surface area contributed by atoms with Crippen LogP contribution in [0.1, 0.15) is 61.0 Å². The average Bonchev–Trinajstić information content (AvgIpc) is 3.13. The van der Waals surface area contributed by atoms with Crippen molar-refractivity contribution in [2.75, 3.05) is 11.9 Å². The molecular formula is C29H41N3. The maximum absolute atomic E-state index is 4.77. The monoisotopic (exact) mass is 431 g/mol. The molecule has 32 heavy (non-hydrogen) atoms. The van der Waals surface area contributed by atoms with Gasteiger partial charge in [0.1, 0.15) is 0 Å². The highest BCUT2D eigenvalue weighted by Crippen LogP contribution is 2.33. The molecule has 172 valence electrons. The summed E-state index contributed by atoms with van der Waals surface area (Å²) >= 11 is 0. The Labute approximate surface area is 196 Å². The SMILES string of the molecule is C.CC.CC.CCNc1cccc(CC2=NC=CC3C(C4=CCC=C(C)C=C4)=CN=C23)c1. The molecule has 1 aromatic carbocycles. The van der Waals surface area contributed by atoms with Crippen molar-refractivity contribution in [3.05, 3.63) is 89.3 Å². The third-order valence-electron chi connectivity index (χ3n) is 5.09. The molecule has 0 bridgehead atoms. The topological polar surface area (TPSA) is 36.8 Å². The van der Waals surface area contributed by atoms with Gasteiger partial charge >= 0.3 is 0 Å². The molecular weight excluding hydrogens is 390 g/mol. The van der Waals surface area contributed by atoms with E-state index in [1.165, 1.54) is 22.3 Å². The number of hydrogen-bond acceptors (Lipinski definition) is 3. The number of aliphatic imine (C=N–C) groups is 2. The number of hydrogen-bond donors (Lipinski definition) is 1. The molecule has 2 heterocycles. The highest BCUT2D eigenvalue weighted by Gasteiger charge is 2.29. The minimum atomic E-state index is 0. The molecule has 4 rings (SSSR count). The fourth-order valence-corrected chi connectivity index (χ4v) is 3.70. The molecule has 1 unspecified atom stereocenters. The van der Waals surface area contributed by atoms with Gasteiger partial charge in [0, 0.05) is 37.0 Å². The van der Waals surface area contributed by atoms with Crippen molar-refractivity contribution in [1.29, 1.82) is 0 Å². The summed E-state index contributed by atoms with van der Waals surface area (Å²) in [6, 6.07) is 8.56. The predicted molar refractivity (Wildman–Crippen MR) is 145 cm³/mol. The largest absolute Gasteiger partial charge is 0.385 e. The summed E-state index contributed by atoms with van der Waals surface area (Å²) in [4.78, 5) is 9.42. The molecule has 0 amide bonds. The van der Waals surface area contributed by atoms with Crippen LogP contribution in [0.2, 0.25) is 0 Å². The smallest absolute Gasteiger partial charge is 0.0735 e. The van der Waals surface area contributed by atoms with E-state index in [1.807, 2.05) is 40.1 Å². The van der Waals surface area contributed by atoms with Crippen LogP contribution >= 0.6 is 0 Å². The highest BCUT2D eigenvalue weighted by atomic mass is 14.9. The van der Waals surface area contributed by atoms with Crippen molar-refractivity contribution < 1.29 is 0 Å². The van der Waals surface area contributed by atoms with Crippen molar-refractivity contribution in [2.24, 2.45) is 15.9 Å². The quantitative estimate of drug-likeness (QED) is 0.502. The van der Waals surface area contributed by atoms with E-state index in [0.717, 1.165) is 36.5 Å². The molecule has 0 saturated heterocycles. The Morgan fingerprint density at radius 2 is 1.81 bits per heavy atom. The van der Waals surface area contributed by atoms with Gasteiger partial charge in [0.15, 0.2) is 0 Å². The van der Waals surface area contributed by atoms with Crippen molar-refractivity contribution in [2.45, 2.75) is 61.8 Å². The Kier molecular flexibility index (Phi) is 12.0. The fraction of sp³-hybridized carbons (Fsp3) is 0.379. The van der Waals surface area contributed by atoms with E-state index in [2.05, 4.69) is 78.8 Å². The molecule has 0 fully saturated rings. The molecule has 1 aromatic rings. The van der Waals surface area contributed by atoms with E-state index in [9.17, 15) is 0 Å². The molecule has 0 aromatic heterocycles. The van der Waals surface area contributed by atoms with Crippen molar-refractivity contribution >= 4 is 17.1 Å². The second-order valence-electron chi connectivity index (χ2n) is 7.08. The van der Waals surface area contributed by atoms with Gasteiger partial charge in [-0.2, -0.15) is 0 Å². The maximum atomic E-state index is 4.77. The van der Waals surface area contributed by atoms with Gasteiger partial charge in [0.2, 0.25) is 0 Å². The first-order valence-corrected chi connectivity index (χ1v) is 11.6. The fourth-order valence-electron chi connectivity index (χ4n) is 3.70. The Morgan fingerprint density at radius 1 is 1.03 bits per heavy atom. The molecule has 0 radical (unpaired) electrons. The van der Waals surface area contributed by atoms with Crippen LogP contribution in [0, 0.1) is 5.92 Å². The van der Waals surface area contributed by atoms with E-state index in [0.29, 0.717) is 0 Å². The highest BCUT2D eigenvalue weighted by molar-refractivity contribution is 6.45.